The van der Waals surface area contributed by atoms with Crippen LogP contribution in [0.15, 0.2) is 52.3 Å². The summed E-state index contributed by atoms with van der Waals surface area (Å²) < 4.78 is 5.49. The second-order valence-corrected chi connectivity index (χ2v) is 10.1. The second kappa shape index (κ2) is 8.21. The van der Waals surface area contributed by atoms with Crippen molar-refractivity contribution in [3.63, 3.8) is 0 Å². The van der Waals surface area contributed by atoms with Crippen LogP contribution in [0.5, 0.6) is 0 Å². The van der Waals surface area contributed by atoms with Gasteiger partial charge in [0, 0.05) is 27.4 Å². The highest BCUT2D eigenvalue weighted by Crippen LogP contribution is 2.49. The van der Waals surface area contributed by atoms with Gasteiger partial charge in [0.2, 0.25) is 0 Å². The third-order valence-electron chi connectivity index (χ3n) is 5.25. The number of hydrogen-bond acceptors (Lipinski definition) is 5. The standard InChI is InChI=1S/C23H27ClN2O2S/c1-23(2,3)28-21(27)14-25-17-8-6-12-26-18-13-15(24)10-11-20(18)29-19-9-5-4-7-16(19)22(17)26/h4-5,7,9-11,13,17,22,25H,6,8,12,14H2,1-3H3/t17-,22-/m0/s1. The van der Waals surface area contributed by atoms with Gasteiger partial charge < -0.3 is 15.0 Å². The second-order valence-electron chi connectivity index (χ2n) is 8.61. The van der Waals surface area contributed by atoms with E-state index in [0.29, 0.717) is 0 Å². The number of ether oxygens (including phenoxy) is 1. The zero-order valence-corrected chi connectivity index (χ0v) is 18.6. The maximum absolute atomic E-state index is 12.3. The van der Waals surface area contributed by atoms with E-state index in [1.165, 1.54) is 21.0 Å². The molecular formula is C23H27ClN2O2S. The van der Waals surface area contributed by atoms with E-state index in [-0.39, 0.29) is 24.6 Å². The van der Waals surface area contributed by atoms with Gasteiger partial charge in [-0.05, 0) is 63.4 Å². The summed E-state index contributed by atoms with van der Waals surface area (Å²) in [6.45, 7) is 6.87. The van der Waals surface area contributed by atoms with Gasteiger partial charge in [0.25, 0.3) is 0 Å². The zero-order chi connectivity index (χ0) is 20.6. The molecule has 2 aromatic carbocycles. The number of fused-ring (bicyclic) bond motifs is 5. The van der Waals surface area contributed by atoms with E-state index in [1.807, 2.05) is 26.8 Å². The number of nitrogens with zero attached hydrogens (tertiary/aromatic N) is 1. The first-order valence-electron chi connectivity index (χ1n) is 10.1. The Morgan fingerprint density at radius 3 is 2.83 bits per heavy atom. The van der Waals surface area contributed by atoms with Crippen LogP contribution < -0.4 is 10.2 Å². The molecule has 0 amide bonds. The molecule has 1 fully saturated rings. The smallest absolute Gasteiger partial charge is 0.320 e. The number of hydrogen-bond donors (Lipinski definition) is 1. The van der Waals surface area contributed by atoms with Crippen molar-refractivity contribution in [3.05, 3.63) is 53.1 Å². The molecule has 2 atom stereocenters. The van der Waals surface area contributed by atoms with E-state index >= 15 is 0 Å². The van der Waals surface area contributed by atoms with Crippen LogP contribution in [0.2, 0.25) is 5.02 Å². The molecule has 0 aromatic heterocycles. The minimum atomic E-state index is -0.474. The van der Waals surface area contributed by atoms with E-state index in [2.05, 4.69) is 46.6 Å². The molecule has 4 rings (SSSR count). The van der Waals surface area contributed by atoms with Crippen LogP contribution in [0.4, 0.5) is 5.69 Å². The number of benzene rings is 2. The number of halogens is 1. The predicted molar refractivity (Wildman–Crippen MR) is 119 cm³/mol. The highest BCUT2D eigenvalue weighted by atomic mass is 35.5. The van der Waals surface area contributed by atoms with Crippen molar-refractivity contribution in [2.75, 3.05) is 18.0 Å². The first-order chi connectivity index (χ1) is 13.8. The number of nitrogens with one attached hydrogen (secondary N) is 1. The summed E-state index contributed by atoms with van der Waals surface area (Å²) >= 11 is 8.15. The number of carbonyl (C=O) groups is 1. The highest BCUT2D eigenvalue weighted by molar-refractivity contribution is 7.99. The van der Waals surface area contributed by atoms with Crippen molar-refractivity contribution in [1.82, 2.24) is 5.32 Å². The van der Waals surface area contributed by atoms with E-state index in [4.69, 9.17) is 16.3 Å². The largest absolute Gasteiger partial charge is 0.459 e. The Morgan fingerprint density at radius 1 is 1.24 bits per heavy atom. The first kappa shape index (κ1) is 20.6. The Hall–Kier alpha value is -1.69. The van der Waals surface area contributed by atoms with Crippen molar-refractivity contribution in [3.8, 4) is 0 Å². The fourth-order valence-corrected chi connectivity index (χ4v) is 5.47. The minimum Gasteiger partial charge on any atom is -0.459 e. The molecular weight excluding hydrogens is 404 g/mol. The van der Waals surface area contributed by atoms with Crippen LogP contribution >= 0.6 is 23.4 Å². The summed E-state index contributed by atoms with van der Waals surface area (Å²) in [6.07, 6.45) is 2.07. The van der Waals surface area contributed by atoms with Crippen molar-refractivity contribution >= 4 is 35.0 Å². The topological polar surface area (TPSA) is 41.6 Å². The number of esters is 1. The van der Waals surface area contributed by atoms with Crippen LogP contribution in [-0.2, 0) is 9.53 Å². The molecule has 29 heavy (non-hydrogen) atoms. The van der Waals surface area contributed by atoms with Gasteiger partial charge in [-0.2, -0.15) is 0 Å². The molecule has 4 nitrogen and oxygen atoms in total. The fraction of sp³-hybridized carbons (Fsp3) is 0.435. The summed E-state index contributed by atoms with van der Waals surface area (Å²) in [5.74, 6) is -0.214. The third-order valence-corrected chi connectivity index (χ3v) is 6.64. The van der Waals surface area contributed by atoms with Gasteiger partial charge in [0.15, 0.2) is 0 Å². The van der Waals surface area contributed by atoms with Crippen LogP contribution in [0.25, 0.3) is 0 Å². The van der Waals surface area contributed by atoms with E-state index in [1.54, 1.807) is 11.8 Å². The van der Waals surface area contributed by atoms with Gasteiger partial charge >= 0.3 is 5.97 Å². The Labute approximate surface area is 182 Å². The summed E-state index contributed by atoms with van der Waals surface area (Å²) in [5.41, 5.74) is 2.00. The monoisotopic (exact) mass is 430 g/mol. The quantitative estimate of drug-likeness (QED) is 0.656. The molecule has 0 radical (unpaired) electrons. The fourth-order valence-electron chi connectivity index (χ4n) is 4.19. The van der Waals surface area contributed by atoms with Crippen molar-refractivity contribution in [2.45, 2.75) is 61.1 Å². The summed E-state index contributed by atoms with van der Waals surface area (Å²) in [4.78, 5) is 17.2. The Morgan fingerprint density at radius 2 is 2.03 bits per heavy atom. The number of rotatable bonds is 3. The predicted octanol–water partition coefficient (Wildman–Crippen LogP) is 5.45. The Balaban J connectivity index is 1.66. The molecule has 0 saturated carbocycles. The molecule has 0 aliphatic carbocycles. The lowest BCUT2D eigenvalue weighted by Gasteiger charge is -2.43. The van der Waals surface area contributed by atoms with Gasteiger partial charge in [0.05, 0.1) is 18.3 Å². The average molecular weight is 431 g/mol. The molecule has 0 spiro atoms. The van der Waals surface area contributed by atoms with Crippen LogP contribution in [0.3, 0.4) is 0 Å². The van der Waals surface area contributed by atoms with Crippen molar-refractivity contribution in [1.29, 1.82) is 0 Å². The van der Waals surface area contributed by atoms with Crippen LogP contribution in [-0.4, -0.2) is 30.7 Å². The molecule has 1 saturated heterocycles. The molecule has 6 heteroatoms. The van der Waals surface area contributed by atoms with E-state index < -0.39 is 5.60 Å². The zero-order valence-electron chi connectivity index (χ0n) is 17.1. The van der Waals surface area contributed by atoms with Gasteiger partial charge in [-0.3, -0.25) is 4.79 Å². The van der Waals surface area contributed by atoms with Crippen molar-refractivity contribution < 1.29 is 9.53 Å². The summed E-state index contributed by atoms with van der Waals surface area (Å²) in [5, 5.41) is 4.25. The van der Waals surface area contributed by atoms with Gasteiger partial charge in [-0.1, -0.05) is 41.6 Å². The number of piperidine rings is 1. The molecule has 0 bridgehead atoms. The lowest BCUT2D eigenvalue weighted by Crippen LogP contribution is -2.50. The maximum atomic E-state index is 12.3. The van der Waals surface area contributed by atoms with E-state index in [0.717, 1.165) is 24.4 Å². The van der Waals surface area contributed by atoms with Gasteiger partial charge in [-0.25, -0.2) is 0 Å². The molecule has 1 N–H and O–H groups in total. The normalized spacial score (nSPS) is 20.9. The first-order valence-corrected chi connectivity index (χ1v) is 11.3. The Kier molecular flexibility index (Phi) is 5.83. The summed E-state index contributed by atoms with van der Waals surface area (Å²) in [6, 6.07) is 15.0. The van der Waals surface area contributed by atoms with Gasteiger partial charge in [0.1, 0.15) is 5.60 Å². The highest BCUT2D eigenvalue weighted by Gasteiger charge is 2.37. The molecule has 2 aliphatic rings. The average Bonchev–Trinajstić information content (AvgIpc) is 2.80. The van der Waals surface area contributed by atoms with E-state index in [9.17, 15) is 4.79 Å². The van der Waals surface area contributed by atoms with Crippen molar-refractivity contribution in [2.24, 2.45) is 0 Å². The molecule has 2 aromatic rings. The lowest BCUT2D eigenvalue weighted by molar-refractivity contribution is -0.153. The molecule has 2 heterocycles. The maximum Gasteiger partial charge on any atom is 0.320 e. The minimum absolute atomic E-state index is 0.148. The van der Waals surface area contributed by atoms with Gasteiger partial charge in [-0.15, -0.1) is 0 Å². The summed E-state index contributed by atoms with van der Waals surface area (Å²) in [7, 11) is 0. The lowest BCUT2D eigenvalue weighted by atomic mass is 9.89. The third kappa shape index (κ3) is 4.57. The number of carbonyl (C=O) groups excluding carboxylic acids is 1. The van der Waals surface area contributed by atoms with Crippen LogP contribution in [0.1, 0.15) is 45.2 Å². The SMILES string of the molecule is CC(C)(C)OC(=O)CN[C@H]1CCCN2c3cc(Cl)ccc3Sc3ccccc3[C@@H]12. The molecule has 0 unspecified atom stereocenters. The Bertz CT molecular complexity index is 912. The number of anilines is 1. The molecule has 154 valence electrons. The van der Waals surface area contributed by atoms with Crippen LogP contribution in [0, 0.1) is 0 Å². The molecule has 2 aliphatic heterocycles.